The second-order valence-corrected chi connectivity index (χ2v) is 3.91. The number of rotatable bonds is 2. The average Bonchev–Trinajstić information content (AvgIpc) is 2.29. The quantitative estimate of drug-likeness (QED) is 0.564. The largest absolute Gasteiger partial charge is 0.298 e. The van der Waals surface area contributed by atoms with E-state index >= 15 is 0 Å². The van der Waals surface area contributed by atoms with Crippen LogP contribution in [0.25, 0.3) is 17.0 Å². The summed E-state index contributed by atoms with van der Waals surface area (Å²) >= 11 is 0. The summed E-state index contributed by atoms with van der Waals surface area (Å²) < 4.78 is 0. The van der Waals surface area contributed by atoms with Crippen molar-refractivity contribution in [1.29, 1.82) is 0 Å². The standard InChI is InChI=1S/C14H13NO/c1-10(9-16)7-12-4-6-14-13(8-12)5-3-11(2)15-14/h3-9H,1-2H3/b10-7-. The number of aromatic nitrogens is 1. The zero-order valence-electron chi connectivity index (χ0n) is 9.40. The van der Waals surface area contributed by atoms with Crippen LogP contribution in [0.1, 0.15) is 18.2 Å². The van der Waals surface area contributed by atoms with E-state index in [9.17, 15) is 4.79 Å². The van der Waals surface area contributed by atoms with Crippen LogP contribution in [0.3, 0.4) is 0 Å². The summed E-state index contributed by atoms with van der Waals surface area (Å²) in [5.74, 6) is 0. The van der Waals surface area contributed by atoms with E-state index in [-0.39, 0.29) is 0 Å². The summed E-state index contributed by atoms with van der Waals surface area (Å²) in [6.07, 6.45) is 2.73. The third-order valence-corrected chi connectivity index (χ3v) is 2.43. The molecule has 2 aromatic rings. The number of allylic oxidation sites excluding steroid dienone is 1. The molecule has 1 aromatic heterocycles. The molecule has 80 valence electrons. The first kappa shape index (κ1) is 10.6. The lowest BCUT2D eigenvalue weighted by Crippen LogP contribution is -1.84. The fourth-order valence-electron chi connectivity index (χ4n) is 1.63. The van der Waals surface area contributed by atoms with E-state index in [4.69, 9.17) is 0 Å². The Morgan fingerprint density at radius 1 is 1.25 bits per heavy atom. The van der Waals surface area contributed by atoms with Crippen LogP contribution in [-0.4, -0.2) is 11.3 Å². The maximum Gasteiger partial charge on any atom is 0.145 e. The highest BCUT2D eigenvalue weighted by atomic mass is 16.1. The van der Waals surface area contributed by atoms with Gasteiger partial charge in [0.15, 0.2) is 0 Å². The topological polar surface area (TPSA) is 30.0 Å². The summed E-state index contributed by atoms with van der Waals surface area (Å²) in [5.41, 5.74) is 3.75. The van der Waals surface area contributed by atoms with Crippen molar-refractivity contribution < 1.29 is 4.79 Å². The van der Waals surface area contributed by atoms with Crippen LogP contribution >= 0.6 is 0 Å². The predicted molar refractivity (Wildman–Crippen MR) is 66.2 cm³/mol. The molecule has 0 radical (unpaired) electrons. The monoisotopic (exact) mass is 211 g/mol. The van der Waals surface area contributed by atoms with E-state index < -0.39 is 0 Å². The fraction of sp³-hybridized carbons (Fsp3) is 0.143. The third-order valence-electron chi connectivity index (χ3n) is 2.43. The molecule has 1 aromatic carbocycles. The van der Waals surface area contributed by atoms with Gasteiger partial charge in [-0.2, -0.15) is 0 Å². The second kappa shape index (κ2) is 4.27. The van der Waals surface area contributed by atoms with E-state index in [0.717, 1.165) is 34.0 Å². The second-order valence-electron chi connectivity index (χ2n) is 3.91. The minimum atomic E-state index is 0.722. The molecule has 0 aliphatic carbocycles. The van der Waals surface area contributed by atoms with E-state index in [1.165, 1.54) is 0 Å². The molecule has 0 atom stereocenters. The van der Waals surface area contributed by atoms with Gasteiger partial charge in [0.2, 0.25) is 0 Å². The van der Waals surface area contributed by atoms with Gasteiger partial charge < -0.3 is 0 Å². The van der Waals surface area contributed by atoms with Crippen molar-refractivity contribution in [3.05, 3.63) is 47.2 Å². The van der Waals surface area contributed by atoms with Gasteiger partial charge in [0.1, 0.15) is 6.29 Å². The van der Waals surface area contributed by atoms with E-state index in [1.807, 2.05) is 43.3 Å². The lowest BCUT2D eigenvalue weighted by atomic mass is 10.1. The van der Waals surface area contributed by atoms with Gasteiger partial charge in [-0.3, -0.25) is 9.78 Å². The number of carbonyl (C=O) groups excluding carboxylic acids is 1. The Balaban J connectivity index is 2.52. The molecule has 0 amide bonds. The molecule has 1 heterocycles. The SMILES string of the molecule is C/C(C=O)=C/c1ccc2nc(C)ccc2c1. The molecule has 0 unspecified atom stereocenters. The molecule has 2 nitrogen and oxygen atoms in total. The Hall–Kier alpha value is -1.96. The minimum absolute atomic E-state index is 0.722. The molecule has 0 spiro atoms. The molecule has 0 bridgehead atoms. The van der Waals surface area contributed by atoms with Gasteiger partial charge in [0.25, 0.3) is 0 Å². The van der Waals surface area contributed by atoms with Crippen LogP contribution in [0.5, 0.6) is 0 Å². The molecular formula is C14H13NO. The highest BCUT2D eigenvalue weighted by molar-refractivity contribution is 5.85. The van der Waals surface area contributed by atoms with Crippen LogP contribution < -0.4 is 0 Å². The zero-order chi connectivity index (χ0) is 11.5. The first-order valence-corrected chi connectivity index (χ1v) is 5.20. The third kappa shape index (κ3) is 2.16. The summed E-state index contributed by atoms with van der Waals surface area (Å²) in [7, 11) is 0. The van der Waals surface area contributed by atoms with Gasteiger partial charge in [0, 0.05) is 11.1 Å². The molecule has 0 aliphatic heterocycles. The average molecular weight is 211 g/mol. The Morgan fingerprint density at radius 2 is 2.06 bits per heavy atom. The lowest BCUT2D eigenvalue weighted by Gasteiger charge is -2.00. The minimum Gasteiger partial charge on any atom is -0.298 e. The van der Waals surface area contributed by atoms with Gasteiger partial charge in [-0.15, -0.1) is 0 Å². The van der Waals surface area contributed by atoms with Crippen LogP contribution in [0.2, 0.25) is 0 Å². The number of fused-ring (bicyclic) bond motifs is 1. The molecule has 0 N–H and O–H groups in total. The van der Waals surface area contributed by atoms with Gasteiger partial charge in [-0.25, -0.2) is 0 Å². The summed E-state index contributed by atoms with van der Waals surface area (Å²) in [5, 5.41) is 1.10. The molecular weight excluding hydrogens is 198 g/mol. The van der Waals surface area contributed by atoms with Crippen molar-refractivity contribution in [3.8, 4) is 0 Å². The zero-order valence-corrected chi connectivity index (χ0v) is 9.40. The normalized spacial score (nSPS) is 11.8. The molecule has 16 heavy (non-hydrogen) atoms. The van der Waals surface area contributed by atoms with Crippen LogP contribution in [0.4, 0.5) is 0 Å². The number of aryl methyl sites for hydroxylation is 1. The Labute approximate surface area is 94.6 Å². The van der Waals surface area contributed by atoms with Crippen molar-refractivity contribution in [1.82, 2.24) is 4.98 Å². The number of aldehydes is 1. The number of nitrogens with zero attached hydrogens (tertiary/aromatic N) is 1. The van der Waals surface area contributed by atoms with Crippen LogP contribution in [0.15, 0.2) is 35.9 Å². The predicted octanol–water partition coefficient (Wildman–Crippen LogP) is 3.15. The molecule has 0 fully saturated rings. The van der Waals surface area contributed by atoms with Gasteiger partial charge in [0.05, 0.1) is 5.52 Å². The van der Waals surface area contributed by atoms with Crippen molar-refractivity contribution in [2.75, 3.05) is 0 Å². The maximum atomic E-state index is 10.5. The molecule has 0 saturated heterocycles. The van der Waals surface area contributed by atoms with Crippen molar-refractivity contribution in [2.45, 2.75) is 13.8 Å². The maximum absolute atomic E-state index is 10.5. The van der Waals surface area contributed by atoms with Crippen molar-refractivity contribution >= 4 is 23.3 Å². The van der Waals surface area contributed by atoms with Gasteiger partial charge in [-0.1, -0.05) is 12.1 Å². The Kier molecular flexibility index (Phi) is 2.82. The molecule has 0 aliphatic rings. The van der Waals surface area contributed by atoms with Crippen LogP contribution in [0, 0.1) is 6.92 Å². The number of benzene rings is 1. The van der Waals surface area contributed by atoms with E-state index in [2.05, 4.69) is 4.98 Å². The number of pyridine rings is 1. The highest BCUT2D eigenvalue weighted by Crippen LogP contribution is 2.16. The molecule has 0 saturated carbocycles. The number of hydrogen-bond donors (Lipinski definition) is 0. The molecule has 2 rings (SSSR count). The molecule has 2 heteroatoms. The van der Waals surface area contributed by atoms with E-state index in [0.29, 0.717) is 0 Å². The first-order valence-electron chi connectivity index (χ1n) is 5.20. The fourth-order valence-corrected chi connectivity index (χ4v) is 1.63. The summed E-state index contributed by atoms with van der Waals surface area (Å²) in [6.45, 7) is 3.77. The van der Waals surface area contributed by atoms with Crippen molar-refractivity contribution in [3.63, 3.8) is 0 Å². The lowest BCUT2D eigenvalue weighted by molar-refractivity contribution is -0.104. The highest BCUT2D eigenvalue weighted by Gasteiger charge is 1.96. The Bertz CT molecular complexity index is 570. The Morgan fingerprint density at radius 3 is 2.81 bits per heavy atom. The first-order chi connectivity index (χ1) is 7.69. The number of hydrogen-bond acceptors (Lipinski definition) is 2. The number of carbonyl (C=O) groups is 1. The summed E-state index contributed by atoms with van der Waals surface area (Å²) in [4.78, 5) is 15.0. The summed E-state index contributed by atoms with van der Waals surface area (Å²) in [6, 6.07) is 10.0. The van der Waals surface area contributed by atoms with Gasteiger partial charge >= 0.3 is 0 Å². The van der Waals surface area contributed by atoms with Crippen molar-refractivity contribution in [2.24, 2.45) is 0 Å². The van der Waals surface area contributed by atoms with Gasteiger partial charge in [-0.05, 0) is 49.3 Å². The smallest absolute Gasteiger partial charge is 0.145 e. The van der Waals surface area contributed by atoms with Crippen LogP contribution in [-0.2, 0) is 4.79 Å². The van der Waals surface area contributed by atoms with E-state index in [1.54, 1.807) is 6.92 Å².